The lowest BCUT2D eigenvalue weighted by Crippen LogP contribution is -2.48. The summed E-state index contributed by atoms with van der Waals surface area (Å²) in [4.78, 5) is 5.17. The fourth-order valence-corrected chi connectivity index (χ4v) is 4.39. The van der Waals surface area contributed by atoms with Gasteiger partial charge < -0.3 is 4.90 Å². The SMILES string of the molecule is CN1c2ccccc2N2CCN(Cc3ccccc3)CC2c2cccn21. The molecule has 1 unspecified atom stereocenters. The minimum Gasteiger partial charge on any atom is -0.359 e. The van der Waals surface area contributed by atoms with E-state index < -0.39 is 0 Å². The van der Waals surface area contributed by atoms with E-state index in [2.05, 4.69) is 99.5 Å². The van der Waals surface area contributed by atoms with E-state index in [9.17, 15) is 0 Å². The number of hydrogen-bond donors (Lipinski definition) is 0. The summed E-state index contributed by atoms with van der Waals surface area (Å²) in [5, 5.41) is 2.27. The first kappa shape index (κ1) is 15.5. The number of para-hydroxylation sites is 2. The van der Waals surface area contributed by atoms with E-state index in [0.29, 0.717) is 6.04 Å². The van der Waals surface area contributed by atoms with Gasteiger partial charge in [0.2, 0.25) is 0 Å². The van der Waals surface area contributed by atoms with E-state index in [4.69, 9.17) is 0 Å². The van der Waals surface area contributed by atoms with Crippen molar-refractivity contribution in [2.45, 2.75) is 12.6 Å². The summed E-state index contributed by atoms with van der Waals surface area (Å²) < 4.78 is 2.30. The third kappa shape index (κ3) is 2.49. The smallest absolute Gasteiger partial charge is 0.0841 e. The molecule has 2 aliphatic heterocycles. The van der Waals surface area contributed by atoms with Crippen LogP contribution >= 0.6 is 0 Å². The van der Waals surface area contributed by atoms with Gasteiger partial charge >= 0.3 is 0 Å². The van der Waals surface area contributed by atoms with E-state index in [1.165, 1.54) is 22.6 Å². The van der Waals surface area contributed by atoms with Crippen molar-refractivity contribution >= 4 is 11.4 Å². The molecule has 0 radical (unpaired) electrons. The van der Waals surface area contributed by atoms with Crippen LogP contribution in [0.5, 0.6) is 0 Å². The van der Waals surface area contributed by atoms with Crippen LogP contribution in [0.2, 0.25) is 0 Å². The fraction of sp³-hybridized carbons (Fsp3) is 0.273. The van der Waals surface area contributed by atoms with Crippen LogP contribution in [0.15, 0.2) is 72.9 Å². The molecule has 3 aromatic rings. The number of anilines is 2. The molecule has 0 amide bonds. The second-order valence-corrected chi connectivity index (χ2v) is 7.22. The second-order valence-electron chi connectivity index (χ2n) is 7.22. The molecule has 0 saturated carbocycles. The number of piperazine rings is 1. The van der Waals surface area contributed by atoms with Crippen LogP contribution < -0.4 is 9.91 Å². The maximum atomic E-state index is 2.59. The van der Waals surface area contributed by atoms with Crippen molar-refractivity contribution in [3.63, 3.8) is 0 Å². The predicted octanol–water partition coefficient (Wildman–Crippen LogP) is 3.76. The molecule has 4 nitrogen and oxygen atoms in total. The zero-order valence-corrected chi connectivity index (χ0v) is 15.1. The summed E-state index contributed by atoms with van der Waals surface area (Å²) in [5.41, 5.74) is 5.36. The Labute approximate surface area is 154 Å². The molecule has 3 heterocycles. The van der Waals surface area contributed by atoms with Gasteiger partial charge in [-0.1, -0.05) is 42.5 Å². The molecule has 26 heavy (non-hydrogen) atoms. The highest BCUT2D eigenvalue weighted by molar-refractivity contribution is 5.73. The predicted molar refractivity (Wildman–Crippen MR) is 106 cm³/mol. The second kappa shape index (κ2) is 6.22. The lowest BCUT2D eigenvalue weighted by atomic mass is 10.1. The van der Waals surface area contributed by atoms with Gasteiger partial charge in [0.15, 0.2) is 0 Å². The Morgan fingerprint density at radius 3 is 2.46 bits per heavy atom. The van der Waals surface area contributed by atoms with E-state index in [1.807, 2.05) is 0 Å². The van der Waals surface area contributed by atoms with Crippen molar-refractivity contribution < 1.29 is 0 Å². The van der Waals surface area contributed by atoms with Gasteiger partial charge in [0, 0.05) is 39.4 Å². The van der Waals surface area contributed by atoms with Crippen LogP contribution in [0.1, 0.15) is 17.3 Å². The standard InChI is InChI=1S/C22H24N4/c1-23-19-10-5-6-11-20(19)25-15-14-24(16-18-8-3-2-4-9-18)17-22(25)21-12-7-13-26(21)23/h2-13,22H,14-17H2,1H3. The molecule has 0 aliphatic carbocycles. The Kier molecular flexibility index (Phi) is 3.71. The van der Waals surface area contributed by atoms with E-state index >= 15 is 0 Å². The van der Waals surface area contributed by atoms with Crippen LogP contribution in [0.4, 0.5) is 11.4 Å². The summed E-state index contributed by atoms with van der Waals surface area (Å²) in [6.45, 7) is 4.20. The summed E-state index contributed by atoms with van der Waals surface area (Å²) in [5.74, 6) is 0. The summed E-state index contributed by atoms with van der Waals surface area (Å²) in [6, 6.07) is 24.4. The van der Waals surface area contributed by atoms with Gasteiger partial charge in [-0.3, -0.25) is 14.6 Å². The molecule has 1 aromatic heterocycles. The van der Waals surface area contributed by atoms with Crippen molar-refractivity contribution in [1.82, 2.24) is 9.58 Å². The molecule has 0 N–H and O–H groups in total. The van der Waals surface area contributed by atoms with Crippen molar-refractivity contribution in [1.29, 1.82) is 0 Å². The number of rotatable bonds is 2. The Balaban J connectivity index is 1.51. The number of fused-ring (bicyclic) bond motifs is 5. The number of hydrogen-bond acceptors (Lipinski definition) is 3. The van der Waals surface area contributed by atoms with Crippen molar-refractivity contribution in [3.05, 3.63) is 84.2 Å². The van der Waals surface area contributed by atoms with Crippen LogP contribution in [0, 0.1) is 0 Å². The minimum atomic E-state index is 0.369. The number of aromatic nitrogens is 1. The molecule has 2 aliphatic rings. The molecule has 0 spiro atoms. The molecule has 132 valence electrons. The molecule has 1 atom stereocenters. The molecule has 4 heteroatoms. The quantitative estimate of drug-likeness (QED) is 0.703. The molecule has 1 fully saturated rings. The fourth-order valence-electron chi connectivity index (χ4n) is 4.39. The van der Waals surface area contributed by atoms with Crippen LogP contribution in [0.25, 0.3) is 0 Å². The van der Waals surface area contributed by atoms with Gasteiger partial charge in [-0.05, 0) is 29.8 Å². The van der Waals surface area contributed by atoms with Gasteiger partial charge in [0.25, 0.3) is 0 Å². The zero-order chi connectivity index (χ0) is 17.5. The third-order valence-electron chi connectivity index (χ3n) is 5.68. The monoisotopic (exact) mass is 344 g/mol. The van der Waals surface area contributed by atoms with Crippen molar-refractivity contribution in [3.8, 4) is 0 Å². The highest BCUT2D eigenvalue weighted by Gasteiger charge is 2.34. The zero-order valence-electron chi connectivity index (χ0n) is 15.1. The van der Waals surface area contributed by atoms with Gasteiger partial charge in [0.05, 0.1) is 23.1 Å². The van der Waals surface area contributed by atoms with Crippen LogP contribution in [0.3, 0.4) is 0 Å². The highest BCUT2D eigenvalue weighted by Crippen LogP contribution is 2.40. The molecular weight excluding hydrogens is 320 g/mol. The van der Waals surface area contributed by atoms with Gasteiger partial charge in [0.1, 0.15) is 0 Å². The molecule has 2 aromatic carbocycles. The molecule has 1 saturated heterocycles. The maximum absolute atomic E-state index is 2.59. The van der Waals surface area contributed by atoms with Gasteiger partial charge in [-0.25, -0.2) is 0 Å². The molecule has 0 bridgehead atoms. The molecular formula is C22H24N4. The number of nitrogens with zero attached hydrogens (tertiary/aromatic N) is 4. The maximum Gasteiger partial charge on any atom is 0.0841 e. The molecule has 5 rings (SSSR count). The first-order valence-corrected chi connectivity index (χ1v) is 9.34. The lowest BCUT2D eigenvalue weighted by Gasteiger charge is -2.42. The third-order valence-corrected chi connectivity index (χ3v) is 5.68. The van der Waals surface area contributed by atoms with E-state index in [1.54, 1.807) is 0 Å². The minimum absolute atomic E-state index is 0.369. The Morgan fingerprint density at radius 1 is 0.846 bits per heavy atom. The van der Waals surface area contributed by atoms with Gasteiger partial charge in [-0.15, -0.1) is 0 Å². The summed E-state index contributed by atoms with van der Waals surface area (Å²) in [7, 11) is 2.16. The normalized spacial score (nSPS) is 19.5. The summed E-state index contributed by atoms with van der Waals surface area (Å²) in [6.07, 6.45) is 2.17. The Hall–Kier alpha value is -2.72. The Morgan fingerprint density at radius 2 is 1.62 bits per heavy atom. The number of benzene rings is 2. The van der Waals surface area contributed by atoms with E-state index in [-0.39, 0.29) is 0 Å². The topological polar surface area (TPSA) is 14.7 Å². The first-order chi connectivity index (χ1) is 12.8. The van der Waals surface area contributed by atoms with Gasteiger partial charge in [-0.2, -0.15) is 0 Å². The average molecular weight is 344 g/mol. The summed E-state index contributed by atoms with van der Waals surface area (Å²) >= 11 is 0. The average Bonchev–Trinajstić information content (AvgIpc) is 3.15. The van der Waals surface area contributed by atoms with Crippen molar-refractivity contribution in [2.24, 2.45) is 0 Å². The highest BCUT2D eigenvalue weighted by atomic mass is 15.6. The van der Waals surface area contributed by atoms with Crippen molar-refractivity contribution in [2.75, 3.05) is 36.6 Å². The van der Waals surface area contributed by atoms with Crippen LogP contribution in [-0.4, -0.2) is 36.3 Å². The lowest BCUT2D eigenvalue weighted by molar-refractivity contribution is 0.213. The van der Waals surface area contributed by atoms with Crippen LogP contribution in [-0.2, 0) is 6.54 Å². The Bertz CT molecular complexity index is 901. The largest absolute Gasteiger partial charge is 0.359 e. The first-order valence-electron chi connectivity index (χ1n) is 9.34. The van der Waals surface area contributed by atoms with E-state index in [0.717, 1.165) is 26.2 Å².